The van der Waals surface area contributed by atoms with Crippen molar-refractivity contribution in [3.63, 3.8) is 0 Å². The first kappa shape index (κ1) is 43.1. The van der Waals surface area contributed by atoms with Gasteiger partial charge in [0, 0.05) is 13.2 Å². The Morgan fingerprint density at radius 2 is 1.16 bits per heavy atom. The van der Waals surface area contributed by atoms with Crippen molar-refractivity contribution >= 4 is 0 Å². The Morgan fingerprint density at radius 3 is 1.67 bits per heavy atom. The second-order valence-electron chi connectivity index (χ2n) is 16.0. The van der Waals surface area contributed by atoms with Crippen LogP contribution in [0.4, 0.5) is 0 Å². The maximum Gasteiger partial charge on any atom is 0.122 e. The molecule has 0 heterocycles. The van der Waals surface area contributed by atoms with Gasteiger partial charge in [0.25, 0.3) is 0 Å². The number of unbranched alkanes of at least 4 members (excludes halogenated alkanes) is 10. The SMILES string of the molecule is CCCCCCCCCCOCc1cc(C(C)C)c(O)c(C(C)(C)C)c1.CCCCCCOCc1cc(CC)c(O)c(C2CCCCC2)c1. The smallest absolute Gasteiger partial charge is 0.122 e. The number of phenolic OH excluding ortho intramolecular Hbond substituents is 2. The summed E-state index contributed by atoms with van der Waals surface area (Å²) in [6.07, 6.45) is 22.8. The van der Waals surface area contributed by atoms with Gasteiger partial charge in [-0.2, -0.15) is 0 Å². The molecule has 49 heavy (non-hydrogen) atoms. The zero-order chi connectivity index (χ0) is 36.1. The molecular weight excluding hydrogens is 604 g/mol. The number of hydrogen-bond acceptors (Lipinski definition) is 4. The highest BCUT2D eigenvalue weighted by molar-refractivity contribution is 5.48. The molecule has 1 saturated carbocycles. The van der Waals surface area contributed by atoms with E-state index in [9.17, 15) is 10.2 Å². The van der Waals surface area contributed by atoms with Crippen molar-refractivity contribution in [3.8, 4) is 11.5 Å². The molecule has 2 aromatic rings. The fourth-order valence-corrected chi connectivity index (χ4v) is 7.03. The zero-order valence-corrected chi connectivity index (χ0v) is 33.2. The average Bonchev–Trinajstić information content (AvgIpc) is 3.08. The topological polar surface area (TPSA) is 58.9 Å². The summed E-state index contributed by atoms with van der Waals surface area (Å²) in [5, 5.41) is 21.2. The highest BCUT2D eigenvalue weighted by atomic mass is 16.5. The van der Waals surface area contributed by atoms with Crippen LogP contribution in [0, 0.1) is 0 Å². The minimum absolute atomic E-state index is 0.0679. The van der Waals surface area contributed by atoms with Gasteiger partial charge in [0.2, 0.25) is 0 Å². The van der Waals surface area contributed by atoms with Crippen molar-refractivity contribution in [2.45, 2.75) is 201 Å². The third kappa shape index (κ3) is 16.2. The number of aryl methyl sites for hydroxylation is 1. The molecule has 0 spiro atoms. The monoisotopic (exact) mass is 681 g/mol. The molecule has 280 valence electrons. The van der Waals surface area contributed by atoms with Gasteiger partial charge in [-0.15, -0.1) is 0 Å². The predicted octanol–water partition coefficient (Wildman–Crippen LogP) is 13.6. The molecule has 2 N–H and O–H groups in total. The van der Waals surface area contributed by atoms with E-state index in [0.29, 0.717) is 36.5 Å². The molecule has 4 heteroatoms. The molecule has 1 aliphatic carbocycles. The maximum atomic E-state index is 10.6. The van der Waals surface area contributed by atoms with Crippen LogP contribution in [-0.2, 0) is 34.5 Å². The maximum absolute atomic E-state index is 10.6. The summed E-state index contributed by atoms with van der Waals surface area (Å²) in [6.45, 7) is 20.3. The number of phenols is 2. The molecule has 0 aliphatic heterocycles. The molecule has 0 aromatic heterocycles. The Morgan fingerprint density at radius 1 is 0.653 bits per heavy atom. The number of rotatable bonds is 21. The minimum Gasteiger partial charge on any atom is -0.507 e. The van der Waals surface area contributed by atoms with Crippen LogP contribution < -0.4 is 0 Å². The van der Waals surface area contributed by atoms with Crippen molar-refractivity contribution in [1.29, 1.82) is 0 Å². The third-order valence-corrected chi connectivity index (χ3v) is 10.2. The van der Waals surface area contributed by atoms with Crippen molar-refractivity contribution in [2.24, 2.45) is 0 Å². The largest absolute Gasteiger partial charge is 0.507 e. The van der Waals surface area contributed by atoms with Gasteiger partial charge in [-0.05, 0) is 107 Å². The van der Waals surface area contributed by atoms with Crippen LogP contribution in [0.3, 0.4) is 0 Å². The van der Waals surface area contributed by atoms with E-state index in [0.717, 1.165) is 49.2 Å². The normalized spacial score (nSPS) is 13.9. The van der Waals surface area contributed by atoms with Gasteiger partial charge in [-0.25, -0.2) is 0 Å². The summed E-state index contributed by atoms with van der Waals surface area (Å²) in [4.78, 5) is 0. The molecule has 0 radical (unpaired) electrons. The summed E-state index contributed by atoms with van der Waals surface area (Å²) in [5.41, 5.74) is 6.65. The van der Waals surface area contributed by atoms with E-state index in [2.05, 4.69) is 79.7 Å². The Hall–Kier alpha value is -2.04. The second kappa shape index (κ2) is 24.2. The van der Waals surface area contributed by atoms with Crippen LogP contribution >= 0.6 is 0 Å². The molecule has 2 aromatic carbocycles. The van der Waals surface area contributed by atoms with Crippen LogP contribution in [0.25, 0.3) is 0 Å². The lowest BCUT2D eigenvalue weighted by molar-refractivity contribution is 0.116. The number of hydrogen-bond donors (Lipinski definition) is 2. The molecule has 3 rings (SSSR count). The summed E-state index contributed by atoms with van der Waals surface area (Å²) >= 11 is 0. The molecule has 1 aliphatic rings. The van der Waals surface area contributed by atoms with Gasteiger partial charge in [0.1, 0.15) is 11.5 Å². The molecule has 0 atom stereocenters. The van der Waals surface area contributed by atoms with Crippen LogP contribution in [0.2, 0.25) is 0 Å². The van der Waals surface area contributed by atoms with Crippen LogP contribution in [0.5, 0.6) is 11.5 Å². The van der Waals surface area contributed by atoms with Gasteiger partial charge in [-0.3, -0.25) is 0 Å². The summed E-state index contributed by atoms with van der Waals surface area (Å²) in [6, 6.07) is 8.57. The lowest BCUT2D eigenvalue weighted by Crippen LogP contribution is -2.13. The van der Waals surface area contributed by atoms with Gasteiger partial charge in [-0.1, -0.05) is 139 Å². The van der Waals surface area contributed by atoms with Crippen LogP contribution in [0.1, 0.15) is 210 Å². The quantitative estimate of drug-likeness (QED) is 0.129. The van der Waals surface area contributed by atoms with Crippen LogP contribution in [-0.4, -0.2) is 23.4 Å². The first-order chi connectivity index (χ1) is 23.5. The van der Waals surface area contributed by atoms with E-state index in [1.54, 1.807) is 0 Å². The highest BCUT2D eigenvalue weighted by Crippen LogP contribution is 2.40. The first-order valence-electron chi connectivity index (χ1n) is 20.4. The van der Waals surface area contributed by atoms with E-state index in [4.69, 9.17) is 9.47 Å². The standard InChI is InChI=1S/C24H42O2.C21H34O2/c1-7-8-9-10-11-12-13-14-15-26-18-20-16-21(19(2)3)23(25)22(17-20)24(4,5)6;1-3-5-6-10-13-23-16-17-14-18(4-2)21(22)20(15-17)19-11-8-7-9-12-19/h16-17,19,25H,7-15,18H2,1-6H3;14-15,19,22H,3-13,16H2,1-2H3. The first-order valence-corrected chi connectivity index (χ1v) is 20.4. The van der Waals surface area contributed by atoms with E-state index in [-0.39, 0.29) is 5.41 Å². The van der Waals surface area contributed by atoms with Crippen molar-refractivity contribution in [1.82, 2.24) is 0 Å². The van der Waals surface area contributed by atoms with Crippen molar-refractivity contribution in [2.75, 3.05) is 13.2 Å². The fraction of sp³-hybridized carbons (Fsp3) is 0.733. The zero-order valence-electron chi connectivity index (χ0n) is 33.2. The third-order valence-electron chi connectivity index (χ3n) is 10.2. The Kier molecular flexibility index (Phi) is 21.3. The lowest BCUT2D eigenvalue weighted by atomic mass is 9.82. The molecule has 0 bridgehead atoms. The molecule has 0 unspecified atom stereocenters. The number of aromatic hydroxyl groups is 2. The number of ether oxygens (including phenoxy) is 2. The van der Waals surface area contributed by atoms with E-state index < -0.39 is 0 Å². The average molecular weight is 681 g/mol. The summed E-state index contributed by atoms with van der Waals surface area (Å²) in [7, 11) is 0. The lowest BCUT2D eigenvalue weighted by Gasteiger charge is -2.24. The van der Waals surface area contributed by atoms with E-state index >= 15 is 0 Å². The predicted molar refractivity (Wildman–Crippen MR) is 210 cm³/mol. The van der Waals surface area contributed by atoms with Gasteiger partial charge >= 0.3 is 0 Å². The number of benzene rings is 2. The minimum atomic E-state index is -0.0679. The van der Waals surface area contributed by atoms with Gasteiger partial charge < -0.3 is 19.7 Å². The van der Waals surface area contributed by atoms with Gasteiger partial charge in [0.15, 0.2) is 0 Å². The van der Waals surface area contributed by atoms with Crippen LogP contribution in [0.15, 0.2) is 24.3 Å². The Balaban J connectivity index is 0.000000342. The molecule has 4 nitrogen and oxygen atoms in total. The van der Waals surface area contributed by atoms with Gasteiger partial charge in [0.05, 0.1) is 13.2 Å². The summed E-state index contributed by atoms with van der Waals surface area (Å²) < 4.78 is 11.8. The molecule has 0 amide bonds. The van der Waals surface area contributed by atoms with Crippen molar-refractivity contribution in [3.05, 3.63) is 57.6 Å². The summed E-state index contributed by atoms with van der Waals surface area (Å²) in [5.74, 6) is 1.85. The Bertz CT molecular complexity index is 1160. The Labute approximate surface area is 302 Å². The van der Waals surface area contributed by atoms with Crippen molar-refractivity contribution < 1.29 is 19.7 Å². The molecule has 0 saturated heterocycles. The molecular formula is C45H76O4. The fourth-order valence-electron chi connectivity index (χ4n) is 7.03. The van der Waals surface area contributed by atoms with E-state index in [1.165, 1.54) is 113 Å². The highest BCUT2D eigenvalue weighted by Gasteiger charge is 2.23. The second-order valence-corrected chi connectivity index (χ2v) is 16.0. The van der Waals surface area contributed by atoms with E-state index in [1.807, 2.05) is 0 Å². The molecule has 1 fully saturated rings.